The molecule has 0 radical (unpaired) electrons. The fourth-order valence-electron chi connectivity index (χ4n) is 5.59. The van der Waals surface area contributed by atoms with Gasteiger partial charge in [0.05, 0.1) is 0 Å². The van der Waals surface area contributed by atoms with Crippen molar-refractivity contribution in [1.82, 2.24) is 39.9 Å². The molecule has 0 amide bonds. The molecule has 2 aliphatic heterocycles. The van der Waals surface area contributed by atoms with Gasteiger partial charge in [0.15, 0.2) is 39.9 Å². The third-order valence-corrected chi connectivity index (χ3v) is 7.46. The van der Waals surface area contributed by atoms with E-state index in [1.165, 1.54) is 0 Å². The molecule has 13 heteroatoms. The predicted octanol–water partition coefficient (Wildman–Crippen LogP) is 10.1. The van der Waals surface area contributed by atoms with Gasteiger partial charge in [0.25, 0.3) is 0 Å². The molecule has 0 unspecified atom stereocenters. The van der Waals surface area contributed by atoms with Gasteiger partial charge < -0.3 is 19.6 Å². The molecular weight excluding hydrogens is 796 g/mol. The molecule has 9 rings (SSSR count). The van der Waals surface area contributed by atoms with E-state index in [0.29, 0.717) is 45.9 Å². The maximum absolute atomic E-state index is 8.66. The number of aromatic nitrogens is 8. The van der Waals surface area contributed by atoms with Gasteiger partial charge in [-0.05, 0) is 39.3 Å². The number of nitrogens with zero attached hydrogens (tertiary/aromatic N) is 6. The van der Waals surface area contributed by atoms with E-state index in [4.69, 9.17) is 39.5 Å². The number of hydrogen-bond donors (Lipinski definition) is 4. The number of benzene rings is 4. The second-order valence-corrected chi connectivity index (χ2v) is 22.8. The van der Waals surface area contributed by atoms with Gasteiger partial charge in [0, 0.05) is 70.0 Å². The monoisotopic (exact) mass is 840 g/mol. The standard InChI is InChI=1S/C32H18N8.2C3H10OSi.2C2H4.Zr/c1-2-10-18-17(9-1)25-33-26(18)38-28-21-13-5-6-14-22(21)30(35-28)40-32-24-16-8-7-15-23(24)31(36-32)39-29-20-12-4-3-11-19(20)27(34-29)37-25;2*1-5(2,3)4;2*1-2;/h1-16H,(H2,33,34,35,36,37,38,39,40);2*4H,1-3H3;2*1-2H2;. The Morgan fingerprint density at radius 3 is 0.764 bits per heavy atom. The first-order valence-electron chi connectivity index (χ1n) is 17.4. The summed E-state index contributed by atoms with van der Waals surface area (Å²) in [4.78, 5) is 54.1. The molecule has 4 aromatic carbocycles. The van der Waals surface area contributed by atoms with Crippen molar-refractivity contribution in [1.29, 1.82) is 0 Å². The van der Waals surface area contributed by atoms with Crippen LogP contribution in [-0.4, -0.2) is 66.1 Å². The van der Waals surface area contributed by atoms with Crippen molar-refractivity contribution < 1.29 is 35.8 Å². The summed E-state index contributed by atoms with van der Waals surface area (Å²) in [6.07, 6.45) is 0. The Morgan fingerprint density at radius 2 is 0.564 bits per heavy atom. The number of H-pyrrole nitrogens is 2. The van der Waals surface area contributed by atoms with Crippen molar-refractivity contribution in [2.45, 2.75) is 39.3 Å². The van der Waals surface area contributed by atoms with Crippen LogP contribution < -0.4 is 0 Å². The van der Waals surface area contributed by atoms with Crippen molar-refractivity contribution in [3.8, 4) is 45.6 Å². The van der Waals surface area contributed by atoms with Crippen LogP contribution >= 0.6 is 0 Å². The normalized spacial score (nSPS) is 11.1. The van der Waals surface area contributed by atoms with E-state index in [-0.39, 0.29) is 26.2 Å². The van der Waals surface area contributed by atoms with E-state index in [1.807, 2.05) is 136 Å². The van der Waals surface area contributed by atoms with Gasteiger partial charge >= 0.3 is 0 Å². The Labute approximate surface area is 342 Å². The van der Waals surface area contributed by atoms with Crippen molar-refractivity contribution in [3.63, 3.8) is 0 Å². The van der Waals surface area contributed by atoms with E-state index < -0.39 is 16.6 Å². The van der Waals surface area contributed by atoms with Crippen molar-refractivity contribution >= 4 is 60.8 Å². The summed E-state index contributed by atoms with van der Waals surface area (Å²) in [5.41, 5.74) is 6.45. The van der Waals surface area contributed by atoms with Crippen LogP contribution in [0.5, 0.6) is 0 Å². The maximum Gasteiger partial charge on any atom is 0.179 e. The minimum Gasteiger partial charge on any atom is -0.433 e. The molecule has 0 saturated heterocycles. The average molecular weight is 842 g/mol. The zero-order valence-corrected chi connectivity index (χ0v) is 36.6. The Hall–Kier alpha value is -5.04. The number of fused-ring (bicyclic) bond motifs is 20. The van der Waals surface area contributed by atoms with Gasteiger partial charge in [-0.2, -0.15) is 0 Å². The first-order valence-corrected chi connectivity index (χ1v) is 24.3. The minimum atomic E-state index is -1.61. The summed E-state index contributed by atoms with van der Waals surface area (Å²) in [5, 5.41) is 3.82. The Balaban J connectivity index is 0.000000394. The van der Waals surface area contributed by atoms with Gasteiger partial charge in [-0.15, -0.1) is 26.3 Å². The predicted molar refractivity (Wildman–Crippen MR) is 230 cm³/mol. The first kappa shape index (κ1) is 42.7. The van der Waals surface area contributed by atoms with E-state index in [0.717, 1.165) is 43.8 Å². The van der Waals surface area contributed by atoms with Crippen LogP contribution in [0, 0.1) is 0 Å². The molecule has 0 fully saturated rings. The third kappa shape index (κ3) is 10.2. The molecule has 10 nitrogen and oxygen atoms in total. The van der Waals surface area contributed by atoms with Gasteiger partial charge in [-0.1, -0.05) is 97.1 Å². The zero-order chi connectivity index (χ0) is 39.2. The average Bonchev–Trinajstić information content (AvgIpc) is 3.88. The minimum absolute atomic E-state index is 0. The summed E-state index contributed by atoms with van der Waals surface area (Å²) in [5.74, 6) is 2.39. The van der Waals surface area contributed by atoms with Crippen LogP contribution in [0.1, 0.15) is 0 Å². The van der Waals surface area contributed by atoms with E-state index in [9.17, 15) is 0 Å². The van der Waals surface area contributed by atoms with E-state index >= 15 is 0 Å². The second kappa shape index (κ2) is 18.1. The SMILES string of the molecule is C=C.C=C.C[Si](C)(C)O.C[Si](C)(C)O.[Zr].c1ccc2c(c1)-c1nc-2nc2[nH]c(nc3nc(nc4[nH]c(n1)c1ccccc41)-c1ccccc1-3)c1ccccc21. The van der Waals surface area contributed by atoms with Crippen molar-refractivity contribution in [2.24, 2.45) is 0 Å². The van der Waals surface area contributed by atoms with Crippen LogP contribution in [0.15, 0.2) is 123 Å². The van der Waals surface area contributed by atoms with Crippen LogP contribution in [0.25, 0.3) is 89.7 Å². The molecule has 0 atom stereocenters. The van der Waals surface area contributed by atoms with Gasteiger partial charge in [0.1, 0.15) is 22.6 Å². The maximum atomic E-state index is 8.66. The summed E-state index contributed by atoms with van der Waals surface area (Å²) in [6.45, 7) is 23.3. The number of hydrogen-bond acceptors (Lipinski definition) is 8. The molecule has 8 bridgehead atoms. The van der Waals surface area contributed by atoms with Crippen LogP contribution in [0.4, 0.5) is 0 Å². The molecule has 0 saturated carbocycles. The van der Waals surface area contributed by atoms with Crippen molar-refractivity contribution in [2.75, 3.05) is 0 Å². The van der Waals surface area contributed by atoms with E-state index in [2.05, 4.69) is 36.3 Å². The second-order valence-electron chi connectivity index (χ2n) is 14.1. The fourth-order valence-corrected chi connectivity index (χ4v) is 5.59. The molecule has 0 spiro atoms. The Morgan fingerprint density at radius 1 is 0.382 bits per heavy atom. The third-order valence-electron chi connectivity index (χ3n) is 7.46. The molecule has 4 N–H and O–H groups in total. The van der Waals surface area contributed by atoms with Gasteiger partial charge in [-0.3, -0.25) is 0 Å². The van der Waals surface area contributed by atoms with E-state index in [1.54, 1.807) is 0 Å². The topological polar surface area (TPSA) is 149 Å². The number of rotatable bonds is 0. The van der Waals surface area contributed by atoms with Crippen LogP contribution in [0.2, 0.25) is 39.3 Å². The smallest absolute Gasteiger partial charge is 0.179 e. The Kier molecular flexibility index (Phi) is 14.0. The Bertz CT molecular complexity index is 2270. The summed E-state index contributed by atoms with van der Waals surface area (Å²) < 4.78 is 0. The summed E-state index contributed by atoms with van der Waals surface area (Å²) in [6, 6.07) is 32.2. The van der Waals surface area contributed by atoms with Crippen molar-refractivity contribution in [3.05, 3.63) is 123 Å². The number of aromatic amines is 2. The number of nitrogens with one attached hydrogen (secondary N) is 2. The molecule has 2 aliphatic rings. The van der Waals surface area contributed by atoms with Crippen LogP contribution in [-0.2, 0) is 26.2 Å². The fraction of sp³-hybridized carbons (Fsp3) is 0.143. The first-order chi connectivity index (χ1) is 25.8. The van der Waals surface area contributed by atoms with Gasteiger partial charge in [-0.25, -0.2) is 29.9 Å². The quantitative estimate of drug-likeness (QED) is 0.0871. The van der Waals surface area contributed by atoms with Gasteiger partial charge in [0.2, 0.25) is 0 Å². The largest absolute Gasteiger partial charge is 0.433 e. The molecule has 55 heavy (non-hydrogen) atoms. The molecular formula is C42H46N8O2Si2Zr. The molecule has 0 aliphatic carbocycles. The summed E-state index contributed by atoms with van der Waals surface area (Å²) in [7, 11) is -3.22. The zero-order valence-electron chi connectivity index (χ0n) is 32.1. The van der Waals surface area contributed by atoms with Crippen LogP contribution in [0.3, 0.4) is 0 Å². The molecule has 7 aromatic rings. The molecule has 3 aromatic heterocycles. The summed E-state index contributed by atoms with van der Waals surface area (Å²) >= 11 is 0. The molecule has 5 heterocycles. The molecule has 278 valence electrons.